The maximum Gasteiger partial charge on any atom is 0.269 e. The van der Waals surface area contributed by atoms with Crippen molar-refractivity contribution in [2.75, 3.05) is 22.7 Å². The third-order valence-corrected chi connectivity index (χ3v) is 6.52. The van der Waals surface area contributed by atoms with Crippen LogP contribution in [0.15, 0.2) is 84.3 Å². The fourth-order valence-electron chi connectivity index (χ4n) is 3.81. The Kier molecular flexibility index (Phi) is 7.47. The SMILES string of the molecule is O=C(CN1CCCc2ccccc21)NNC(=O)c1ccc(NS(=O)(=O)/C=C/c2ccccc2)cc1. The predicted octanol–water partition coefficient (Wildman–Crippen LogP) is 3.31. The first-order valence-electron chi connectivity index (χ1n) is 11.2. The third kappa shape index (κ3) is 6.70. The molecular formula is C26H26N4O4S. The fourth-order valence-corrected chi connectivity index (χ4v) is 4.68. The van der Waals surface area contributed by atoms with E-state index in [-0.39, 0.29) is 18.0 Å². The summed E-state index contributed by atoms with van der Waals surface area (Å²) < 4.78 is 27.0. The minimum atomic E-state index is -3.72. The molecule has 35 heavy (non-hydrogen) atoms. The van der Waals surface area contributed by atoms with Crippen LogP contribution in [0, 0.1) is 0 Å². The fraction of sp³-hybridized carbons (Fsp3) is 0.154. The summed E-state index contributed by atoms with van der Waals surface area (Å²) in [6.07, 6.45) is 3.45. The summed E-state index contributed by atoms with van der Waals surface area (Å²) >= 11 is 0. The zero-order valence-electron chi connectivity index (χ0n) is 19.0. The van der Waals surface area contributed by atoms with E-state index in [0.29, 0.717) is 5.69 Å². The Labute approximate surface area is 204 Å². The van der Waals surface area contributed by atoms with Gasteiger partial charge >= 0.3 is 0 Å². The minimum absolute atomic E-state index is 0.133. The van der Waals surface area contributed by atoms with Gasteiger partial charge in [0.15, 0.2) is 0 Å². The van der Waals surface area contributed by atoms with Crippen LogP contribution in [-0.2, 0) is 21.2 Å². The van der Waals surface area contributed by atoms with Crippen LogP contribution in [-0.4, -0.2) is 33.3 Å². The number of nitrogens with one attached hydrogen (secondary N) is 3. The second kappa shape index (κ2) is 10.9. The van der Waals surface area contributed by atoms with Crippen molar-refractivity contribution < 1.29 is 18.0 Å². The van der Waals surface area contributed by atoms with Crippen molar-refractivity contribution in [3.8, 4) is 0 Å². The number of carbonyl (C=O) groups excluding carboxylic acids is 2. The second-order valence-corrected chi connectivity index (χ2v) is 9.66. The summed E-state index contributed by atoms with van der Waals surface area (Å²) in [5.41, 5.74) is 8.44. The highest BCUT2D eigenvalue weighted by Crippen LogP contribution is 2.26. The molecular weight excluding hydrogens is 464 g/mol. The molecule has 0 unspecified atom stereocenters. The van der Waals surface area contributed by atoms with Gasteiger partial charge in [-0.3, -0.25) is 25.2 Å². The van der Waals surface area contributed by atoms with Gasteiger partial charge in [-0.25, -0.2) is 8.42 Å². The molecule has 2 amide bonds. The number of anilines is 2. The highest BCUT2D eigenvalue weighted by Gasteiger charge is 2.19. The van der Waals surface area contributed by atoms with Crippen LogP contribution in [0.5, 0.6) is 0 Å². The quantitative estimate of drug-likeness (QED) is 0.441. The van der Waals surface area contributed by atoms with Crippen LogP contribution < -0.4 is 20.5 Å². The Bertz CT molecular complexity index is 1320. The molecule has 0 atom stereocenters. The minimum Gasteiger partial charge on any atom is -0.362 e. The summed E-state index contributed by atoms with van der Waals surface area (Å²) in [4.78, 5) is 26.8. The summed E-state index contributed by atoms with van der Waals surface area (Å²) in [6.45, 7) is 0.908. The number of rotatable bonds is 7. The Morgan fingerprint density at radius 3 is 2.37 bits per heavy atom. The standard InChI is InChI=1S/C26H26N4O4S/c31-25(19-30-17-6-10-21-9-4-5-11-24(21)30)27-28-26(32)22-12-14-23(15-13-22)29-35(33,34)18-16-20-7-2-1-3-8-20/h1-5,7-9,11-16,18,29H,6,10,17,19H2,(H,27,31)(H,28,32)/b18-16+. The van der Waals surface area contributed by atoms with Crippen LogP contribution in [0.1, 0.15) is 27.9 Å². The number of nitrogens with zero attached hydrogens (tertiary/aromatic N) is 1. The number of carbonyl (C=O) groups is 2. The lowest BCUT2D eigenvalue weighted by Gasteiger charge is -2.30. The zero-order valence-corrected chi connectivity index (χ0v) is 19.8. The predicted molar refractivity (Wildman–Crippen MR) is 137 cm³/mol. The molecule has 0 radical (unpaired) electrons. The highest BCUT2D eigenvalue weighted by molar-refractivity contribution is 7.95. The Morgan fingerprint density at radius 1 is 0.886 bits per heavy atom. The third-order valence-electron chi connectivity index (χ3n) is 5.50. The van der Waals surface area contributed by atoms with E-state index in [1.165, 1.54) is 35.9 Å². The lowest BCUT2D eigenvalue weighted by Crippen LogP contribution is -2.47. The van der Waals surface area contributed by atoms with Gasteiger partial charge in [-0.05, 0) is 60.4 Å². The lowest BCUT2D eigenvalue weighted by atomic mass is 10.0. The van der Waals surface area contributed by atoms with Crippen molar-refractivity contribution in [3.05, 3.63) is 101 Å². The number of sulfonamides is 1. The van der Waals surface area contributed by atoms with Gasteiger partial charge in [0.1, 0.15) is 0 Å². The van der Waals surface area contributed by atoms with Gasteiger partial charge in [0.25, 0.3) is 21.8 Å². The van der Waals surface area contributed by atoms with Gasteiger partial charge in [0.2, 0.25) is 0 Å². The smallest absolute Gasteiger partial charge is 0.269 e. The van der Waals surface area contributed by atoms with Crippen LogP contribution in [0.25, 0.3) is 6.08 Å². The molecule has 8 nitrogen and oxygen atoms in total. The molecule has 9 heteroatoms. The van der Waals surface area contributed by atoms with E-state index in [0.717, 1.165) is 36.0 Å². The number of hydrazine groups is 1. The molecule has 0 saturated carbocycles. The Hall–Kier alpha value is -4.11. The summed E-state index contributed by atoms with van der Waals surface area (Å²) in [7, 11) is -3.72. The molecule has 1 aliphatic heterocycles. The number of amides is 2. The molecule has 0 spiro atoms. The molecule has 0 bridgehead atoms. The first-order valence-corrected chi connectivity index (χ1v) is 12.7. The Morgan fingerprint density at radius 2 is 1.60 bits per heavy atom. The van der Waals surface area contributed by atoms with Crippen molar-refractivity contribution in [1.82, 2.24) is 10.9 Å². The van der Waals surface area contributed by atoms with Gasteiger partial charge in [0, 0.05) is 23.5 Å². The van der Waals surface area contributed by atoms with Crippen molar-refractivity contribution in [2.45, 2.75) is 12.8 Å². The molecule has 3 N–H and O–H groups in total. The normalized spacial score (nSPS) is 13.2. The van der Waals surface area contributed by atoms with E-state index in [4.69, 9.17) is 0 Å². The second-order valence-electron chi connectivity index (χ2n) is 8.09. The molecule has 3 aromatic carbocycles. The first-order chi connectivity index (χ1) is 16.9. The summed E-state index contributed by atoms with van der Waals surface area (Å²) in [5.74, 6) is -0.833. The topological polar surface area (TPSA) is 108 Å². The molecule has 0 aromatic heterocycles. The van der Waals surface area contributed by atoms with E-state index in [1.54, 1.807) is 12.1 Å². The largest absolute Gasteiger partial charge is 0.362 e. The van der Waals surface area contributed by atoms with E-state index in [9.17, 15) is 18.0 Å². The molecule has 4 rings (SSSR count). The summed E-state index contributed by atoms with van der Waals surface area (Å²) in [6, 6.07) is 23.0. The lowest BCUT2D eigenvalue weighted by molar-refractivity contribution is -0.120. The molecule has 1 aliphatic rings. The molecule has 0 saturated heterocycles. The van der Waals surface area contributed by atoms with E-state index in [2.05, 4.69) is 21.6 Å². The Balaban J connectivity index is 1.28. The maximum absolute atomic E-state index is 12.4. The summed E-state index contributed by atoms with van der Waals surface area (Å²) in [5, 5.41) is 1.08. The van der Waals surface area contributed by atoms with Crippen molar-refractivity contribution in [3.63, 3.8) is 0 Å². The van der Waals surface area contributed by atoms with Crippen LogP contribution in [0.2, 0.25) is 0 Å². The first kappa shape index (κ1) is 24.0. The van der Waals surface area contributed by atoms with Crippen molar-refractivity contribution in [1.29, 1.82) is 0 Å². The van der Waals surface area contributed by atoms with E-state index < -0.39 is 15.9 Å². The van der Waals surface area contributed by atoms with Crippen molar-refractivity contribution in [2.24, 2.45) is 0 Å². The average molecular weight is 491 g/mol. The number of hydrogen-bond donors (Lipinski definition) is 3. The van der Waals surface area contributed by atoms with E-state index >= 15 is 0 Å². The van der Waals surface area contributed by atoms with Gasteiger partial charge in [-0.1, -0.05) is 48.5 Å². The van der Waals surface area contributed by atoms with Crippen LogP contribution >= 0.6 is 0 Å². The van der Waals surface area contributed by atoms with Gasteiger partial charge in [-0.15, -0.1) is 0 Å². The average Bonchev–Trinajstić information content (AvgIpc) is 2.87. The number of fused-ring (bicyclic) bond motifs is 1. The number of hydrogen-bond acceptors (Lipinski definition) is 5. The molecule has 0 fully saturated rings. The van der Waals surface area contributed by atoms with Crippen LogP contribution in [0.4, 0.5) is 11.4 Å². The van der Waals surface area contributed by atoms with Gasteiger partial charge in [-0.2, -0.15) is 0 Å². The van der Waals surface area contributed by atoms with Gasteiger partial charge in [0.05, 0.1) is 12.0 Å². The maximum atomic E-state index is 12.4. The van der Waals surface area contributed by atoms with Crippen LogP contribution in [0.3, 0.4) is 0 Å². The molecule has 0 aliphatic carbocycles. The van der Waals surface area contributed by atoms with Gasteiger partial charge < -0.3 is 4.90 Å². The number of para-hydroxylation sites is 1. The van der Waals surface area contributed by atoms with Crippen molar-refractivity contribution >= 4 is 39.3 Å². The molecule has 180 valence electrons. The number of benzene rings is 3. The monoisotopic (exact) mass is 490 g/mol. The molecule has 3 aromatic rings. The van der Waals surface area contributed by atoms with E-state index in [1.807, 2.05) is 41.3 Å². The molecule has 1 heterocycles. The zero-order chi connectivity index (χ0) is 24.7. The highest BCUT2D eigenvalue weighted by atomic mass is 32.2. The number of aryl methyl sites for hydroxylation is 1.